The largest absolute Gasteiger partial charge is 0.490 e. The number of likely N-dealkylation sites (tertiary alicyclic amines) is 1. The van der Waals surface area contributed by atoms with Crippen molar-refractivity contribution in [3.63, 3.8) is 0 Å². The average molecular weight is 787 g/mol. The number of nitrogens with zero attached hydrogens (tertiary/aromatic N) is 5. The Balaban J connectivity index is 0.865. The molecule has 2 saturated carbocycles. The van der Waals surface area contributed by atoms with E-state index in [2.05, 4.69) is 25.8 Å². The van der Waals surface area contributed by atoms with Crippen LogP contribution in [0.15, 0.2) is 53.7 Å². The Kier molecular flexibility index (Phi) is 10.8. The zero-order valence-electron chi connectivity index (χ0n) is 32.0. The smallest absolute Gasteiger partial charge is 0.274 e. The number of halogens is 2. The number of carbonyl (C=O) groups is 3. The van der Waals surface area contributed by atoms with E-state index >= 15 is 4.39 Å². The van der Waals surface area contributed by atoms with Crippen LogP contribution < -0.4 is 26.2 Å². The van der Waals surface area contributed by atoms with Crippen molar-refractivity contribution < 1.29 is 33.0 Å². The van der Waals surface area contributed by atoms with Crippen LogP contribution in [0.1, 0.15) is 99.3 Å². The number of anilines is 2. The van der Waals surface area contributed by atoms with Crippen molar-refractivity contribution in [1.82, 2.24) is 29.5 Å². The lowest BCUT2D eigenvalue weighted by Gasteiger charge is -2.39. The number of fused-ring (bicyclic) bond motifs is 1. The fourth-order valence-electron chi connectivity index (χ4n) is 8.56. The fraction of sp³-hybridized carbons (Fsp3) is 0.512. The number of rotatable bonds is 11. The number of piperidine rings is 2. The van der Waals surface area contributed by atoms with Crippen LogP contribution in [0, 0.1) is 11.7 Å². The van der Waals surface area contributed by atoms with Gasteiger partial charge in [0, 0.05) is 61.8 Å². The lowest BCUT2D eigenvalue weighted by Crippen LogP contribution is -2.47. The Morgan fingerprint density at radius 1 is 1.11 bits per heavy atom. The molecule has 4 aliphatic rings. The van der Waals surface area contributed by atoms with Gasteiger partial charge in [0.2, 0.25) is 11.8 Å². The molecule has 3 aromatic heterocycles. The summed E-state index contributed by atoms with van der Waals surface area (Å²) in [5.41, 5.74) is 1.14. The summed E-state index contributed by atoms with van der Waals surface area (Å²) < 4.78 is 38.3. The summed E-state index contributed by atoms with van der Waals surface area (Å²) in [6.07, 6.45) is 8.04. The highest BCUT2D eigenvalue weighted by atomic mass is 19.1. The number of hydrogen-bond acceptors (Lipinski definition) is 10. The minimum Gasteiger partial charge on any atom is -0.490 e. The van der Waals surface area contributed by atoms with Gasteiger partial charge in [-0.25, -0.2) is 8.78 Å². The van der Waals surface area contributed by atoms with Crippen LogP contribution >= 0.6 is 0 Å². The van der Waals surface area contributed by atoms with E-state index in [1.54, 1.807) is 18.2 Å². The van der Waals surface area contributed by atoms with Gasteiger partial charge in [-0.2, -0.15) is 5.10 Å². The second kappa shape index (κ2) is 16.0. The number of imide groups is 1. The zero-order valence-corrected chi connectivity index (χ0v) is 32.0. The van der Waals surface area contributed by atoms with Crippen LogP contribution in [0.5, 0.6) is 5.75 Å². The molecule has 5 heterocycles. The first-order chi connectivity index (χ1) is 27.4. The first kappa shape index (κ1) is 38.6. The number of aliphatic hydroxyl groups excluding tert-OH is 1. The topological polar surface area (TPSA) is 173 Å². The van der Waals surface area contributed by atoms with Crippen molar-refractivity contribution in [3.8, 4) is 5.75 Å². The lowest BCUT2D eigenvalue weighted by molar-refractivity contribution is -0.133. The molecular formula is C41H48F2N8O6. The maximum absolute atomic E-state index is 15.3. The highest BCUT2D eigenvalue weighted by Gasteiger charge is 2.40. The number of hydrogen-bond donors (Lipinski definition) is 4. The van der Waals surface area contributed by atoms with E-state index in [9.17, 15) is 28.7 Å². The molecule has 1 aromatic carbocycles. The van der Waals surface area contributed by atoms with Gasteiger partial charge in [0.1, 0.15) is 29.5 Å². The SMILES string of the molecule is CC(C)Oc1cc2nn([C@H]3CC[C@H](CN4CC[C@@H](c5ncc(NC6CCC(=O)NC6=O)cc5F)[C@H](O)C4)CC3)cc2cc1C(=O)Nc1cccn([C@H]2C[C@H]2F)c1=O. The fourth-order valence-corrected chi connectivity index (χ4v) is 8.56. The van der Waals surface area contributed by atoms with Gasteiger partial charge < -0.3 is 29.9 Å². The molecule has 4 N–H and O–H groups in total. The third kappa shape index (κ3) is 8.42. The van der Waals surface area contributed by atoms with Crippen molar-refractivity contribution in [2.24, 2.45) is 5.92 Å². The van der Waals surface area contributed by atoms with Gasteiger partial charge in [0.05, 0.1) is 52.9 Å². The molecule has 8 rings (SSSR count). The Bertz CT molecular complexity index is 2240. The van der Waals surface area contributed by atoms with Crippen molar-refractivity contribution in [3.05, 3.63) is 76.4 Å². The normalized spacial score (nSPS) is 26.7. The first-order valence-corrected chi connectivity index (χ1v) is 19.9. The van der Waals surface area contributed by atoms with Gasteiger partial charge in [-0.3, -0.25) is 34.2 Å². The maximum Gasteiger partial charge on any atom is 0.274 e. The molecule has 3 amide bonds. The number of amides is 3. The number of aromatic nitrogens is 4. The standard InChI is InChI=1S/C41H48F2N8O6/c1-22(2)57-36-17-33-24(14-28(36)39(54)46-32-4-3-12-50(41(32)56)34-16-29(34)42)20-51(48-33)26-7-5-23(6-8-26)19-49-13-11-27(35(52)21-49)38-30(43)15-25(18-44-38)45-31-9-10-37(53)47-40(31)55/h3-4,12,14-15,17-18,20,22-23,26-27,29,31,34-35,45,52H,5-11,13,16,19,21H2,1-2H3,(H,46,54)(H,47,53,55)/t23-,26-,27-,29-,31?,34+,35-/m1/s1. The average Bonchev–Trinajstić information content (AvgIpc) is 3.75. The second-order valence-electron chi connectivity index (χ2n) is 16.2. The first-order valence-electron chi connectivity index (χ1n) is 19.9. The summed E-state index contributed by atoms with van der Waals surface area (Å²) in [7, 11) is 0. The predicted molar refractivity (Wildman–Crippen MR) is 207 cm³/mol. The molecular weight excluding hydrogens is 738 g/mol. The molecule has 1 unspecified atom stereocenters. The van der Waals surface area contributed by atoms with E-state index in [-0.39, 0.29) is 47.8 Å². The Morgan fingerprint density at radius 3 is 2.60 bits per heavy atom. The zero-order chi connectivity index (χ0) is 40.0. The Morgan fingerprint density at radius 2 is 1.89 bits per heavy atom. The maximum atomic E-state index is 15.3. The summed E-state index contributed by atoms with van der Waals surface area (Å²) in [4.78, 5) is 56.7. The van der Waals surface area contributed by atoms with Crippen molar-refractivity contribution in [1.29, 1.82) is 0 Å². The predicted octanol–water partition coefficient (Wildman–Crippen LogP) is 4.85. The van der Waals surface area contributed by atoms with Gasteiger partial charge in [0.15, 0.2) is 0 Å². The molecule has 2 aliphatic carbocycles. The van der Waals surface area contributed by atoms with Crippen LogP contribution in [0.25, 0.3) is 10.9 Å². The van der Waals surface area contributed by atoms with E-state index in [0.29, 0.717) is 48.8 Å². The highest BCUT2D eigenvalue weighted by Crippen LogP contribution is 2.38. The van der Waals surface area contributed by atoms with Gasteiger partial charge in [-0.05, 0) is 83.0 Å². The number of aliphatic hydroxyl groups is 1. The number of ether oxygens (including phenoxy) is 1. The summed E-state index contributed by atoms with van der Waals surface area (Å²) >= 11 is 0. The highest BCUT2D eigenvalue weighted by molar-refractivity contribution is 6.08. The minimum absolute atomic E-state index is 0.0716. The van der Waals surface area contributed by atoms with E-state index in [1.165, 1.54) is 29.1 Å². The number of nitrogens with one attached hydrogen (secondary N) is 3. The third-order valence-electron chi connectivity index (χ3n) is 11.7. The van der Waals surface area contributed by atoms with E-state index in [0.717, 1.165) is 37.6 Å². The van der Waals surface area contributed by atoms with Crippen LogP contribution in [0.2, 0.25) is 0 Å². The Hall–Kier alpha value is -5.22. The molecule has 4 aromatic rings. The minimum atomic E-state index is -1.06. The molecule has 2 saturated heterocycles. The quantitative estimate of drug-likeness (QED) is 0.154. The van der Waals surface area contributed by atoms with E-state index in [4.69, 9.17) is 9.84 Å². The lowest BCUT2D eigenvalue weighted by atomic mass is 9.84. The molecule has 57 heavy (non-hydrogen) atoms. The molecule has 2 aliphatic heterocycles. The van der Waals surface area contributed by atoms with Gasteiger partial charge in [-0.15, -0.1) is 0 Å². The molecule has 0 radical (unpaired) electrons. The number of β-amino-alcohol motifs (C(OH)–C–C–N with tert-alkyl or cyclic N) is 1. The number of carbonyl (C=O) groups excluding carboxylic acids is 3. The van der Waals surface area contributed by atoms with Gasteiger partial charge in [0.25, 0.3) is 11.5 Å². The molecule has 0 spiro atoms. The number of pyridine rings is 2. The van der Waals surface area contributed by atoms with Crippen LogP contribution in [0.3, 0.4) is 0 Å². The summed E-state index contributed by atoms with van der Waals surface area (Å²) in [5.74, 6) is -1.47. The van der Waals surface area contributed by atoms with Crippen molar-refractivity contribution in [2.75, 3.05) is 30.3 Å². The molecule has 5 atom stereocenters. The second-order valence-corrected chi connectivity index (χ2v) is 16.2. The molecule has 16 heteroatoms. The van der Waals surface area contributed by atoms with Crippen LogP contribution in [-0.2, 0) is 9.59 Å². The van der Waals surface area contributed by atoms with Crippen LogP contribution in [-0.4, -0.2) is 91.1 Å². The van der Waals surface area contributed by atoms with Gasteiger partial charge >= 0.3 is 0 Å². The molecule has 302 valence electrons. The van der Waals surface area contributed by atoms with Crippen LogP contribution in [0.4, 0.5) is 20.2 Å². The summed E-state index contributed by atoms with van der Waals surface area (Å²) in [6.45, 7) is 5.69. The Labute approximate surface area is 328 Å². The molecule has 0 bridgehead atoms. The van der Waals surface area contributed by atoms with E-state index < -0.39 is 53.5 Å². The van der Waals surface area contributed by atoms with Gasteiger partial charge in [-0.1, -0.05) is 0 Å². The van der Waals surface area contributed by atoms with Crippen molar-refractivity contribution >= 4 is 40.0 Å². The number of benzene rings is 1. The summed E-state index contributed by atoms with van der Waals surface area (Å²) in [6, 6.07) is 6.95. The van der Waals surface area contributed by atoms with Crippen molar-refractivity contribution in [2.45, 2.75) is 108 Å². The van der Waals surface area contributed by atoms with E-state index in [1.807, 2.05) is 24.7 Å². The molecule has 14 nitrogen and oxygen atoms in total. The number of alkyl halides is 1. The molecule has 4 fully saturated rings. The monoisotopic (exact) mass is 786 g/mol. The third-order valence-corrected chi connectivity index (χ3v) is 11.7. The summed E-state index contributed by atoms with van der Waals surface area (Å²) in [5, 5.41) is 24.7.